The molecule has 1 aliphatic rings. The fraction of sp³-hybridized carbons (Fsp3) is 0.417. The van der Waals surface area contributed by atoms with Crippen LogP contribution >= 0.6 is 0 Å². The van der Waals surface area contributed by atoms with Crippen molar-refractivity contribution in [2.75, 3.05) is 25.0 Å². The number of halogens is 1. The fourth-order valence-corrected chi connectivity index (χ4v) is 4.24. The second-order valence-corrected chi connectivity index (χ2v) is 8.51. The SMILES string of the molecule is CCc1cc(NC(=O)N[C@@H]2CCCN(CCc3ccc(F)cc3)C2)cc(-c2nnnn2C)c1. The molecule has 0 radical (unpaired) electrons. The lowest BCUT2D eigenvalue weighted by atomic mass is 10.0. The quantitative estimate of drug-likeness (QED) is 0.575. The molecule has 3 aromatic rings. The van der Waals surface area contributed by atoms with Gasteiger partial charge in [0.2, 0.25) is 0 Å². The summed E-state index contributed by atoms with van der Waals surface area (Å²) in [6.07, 6.45) is 3.68. The maximum absolute atomic E-state index is 13.1. The van der Waals surface area contributed by atoms with Crippen LogP contribution in [0.1, 0.15) is 30.9 Å². The fourth-order valence-electron chi connectivity index (χ4n) is 4.24. The van der Waals surface area contributed by atoms with E-state index in [1.807, 2.05) is 30.3 Å². The molecule has 2 N–H and O–H groups in total. The predicted octanol–water partition coefficient (Wildman–Crippen LogP) is 3.41. The van der Waals surface area contributed by atoms with Crippen molar-refractivity contribution in [3.05, 3.63) is 59.4 Å². The number of hydrogen-bond acceptors (Lipinski definition) is 5. The Hall–Kier alpha value is -3.33. The first kappa shape index (κ1) is 22.8. The standard InChI is InChI=1S/C24H30FN7O/c1-3-17-13-19(23-28-29-30-31(23)2)15-22(14-17)27-24(33)26-21-5-4-11-32(16-21)12-10-18-6-8-20(25)9-7-18/h6-9,13-15,21H,3-5,10-12,16H2,1-2H3,(H2,26,27,33)/t21-/m1/s1. The highest BCUT2D eigenvalue weighted by molar-refractivity contribution is 5.90. The molecule has 4 rings (SSSR count). The highest BCUT2D eigenvalue weighted by Gasteiger charge is 2.21. The third-order valence-electron chi connectivity index (χ3n) is 6.01. The monoisotopic (exact) mass is 451 g/mol. The minimum absolute atomic E-state index is 0.0868. The second kappa shape index (κ2) is 10.5. The number of likely N-dealkylation sites (tertiary alicyclic amines) is 1. The lowest BCUT2D eigenvalue weighted by Crippen LogP contribution is -2.49. The number of aromatic nitrogens is 4. The molecule has 0 unspecified atom stereocenters. The van der Waals surface area contributed by atoms with Gasteiger partial charge < -0.3 is 15.5 Å². The zero-order chi connectivity index (χ0) is 23.2. The Labute approximate surface area is 193 Å². The summed E-state index contributed by atoms with van der Waals surface area (Å²) in [5.41, 5.74) is 3.79. The summed E-state index contributed by atoms with van der Waals surface area (Å²) in [4.78, 5) is 15.1. The Balaban J connectivity index is 1.33. The number of rotatable bonds is 7. The summed E-state index contributed by atoms with van der Waals surface area (Å²) in [5.74, 6) is 0.440. The van der Waals surface area contributed by atoms with Crippen molar-refractivity contribution in [1.29, 1.82) is 0 Å². The molecule has 33 heavy (non-hydrogen) atoms. The van der Waals surface area contributed by atoms with Crippen LogP contribution in [0.4, 0.5) is 14.9 Å². The van der Waals surface area contributed by atoms with E-state index in [1.54, 1.807) is 11.7 Å². The van der Waals surface area contributed by atoms with Crippen LogP contribution in [0.2, 0.25) is 0 Å². The van der Waals surface area contributed by atoms with Gasteiger partial charge in [-0.05, 0) is 84.1 Å². The average Bonchev–Trinajstić information content (AvgIpc) is 3.24. The van der Waals surface area contributed by atoms with Crippen molar-refractivity contribution in [2.24, 2.45) is 7.05 Å². The van der Waals surface area contributed by atoms with Crippen molar-refractivity contribution in [3.63, 3.8) is 0 Å². The number of anilines is 1. The van der Waals surface area contributed by atoms with Crippen molar-refractivity contribution in [1.82, 2.24) is 30.4 Å². The molecule has 9 heteroatoms. The van der Waals surface area contributed by atoms with Crippen LogP contribution < -0.4 is 10.6 Å². The molecule has 2 aromatic carbocycles. The van der Waals surface area contributed by atoms with E-state index in [2.05, 4.69) is 38.0 Å². The number of carbonyl (C=O) groups is 1. The Morgan fingerprint density at radius 3 is 2.73 bits per heavy atom. The number of urea groups is 1. The molecule has 2 amide bonds. The minimum atomic E-state index is -0.212. The van der Waals surface area contributed by atoms with Crippen molar-refractivity contribution in [3.8, 4) is 11.4 Å². The topological polar surface area (TPSA) is 88.0 Å². The van der Waals surface area contributed by atoms with E-state index in [1.165, 1.54) is 12.1 Å². The van der Waals surface area contributed by atoms with E-state index in [0.29, 0.717) is 11.5 Å². The lowest BCUT2D eigenvalue weighted by Gasteiger charge is -2.33. The van der Waals surface area contributed by atoms with Crippen LogP contribution in [0.3, 0.4) is 0 Å². The molecule has 174 valence electrons. The largest absolute Gasteiger partial charge is 0.334 e. The van der Waals surface area contributed by atoms with E-state index < -0.39 is 0 Å². The summed E-state index contributed by atoms with van der Waals surface area (Å²) >= 11 is 0. The highest BCUT2D eigenvalue weighted by atomic mass is 19.1. The Bertz CT molecular complexity index is 1080. The van der Waals surface area contributed by atoms with Crippen LogP contribution in [-0.4, -0.2) is 56.8 Å². The van der Waals surface area contributed by atoms with Gasteiger partial charge in [0.25, 0.3) is 0 Å². The van der Waals surface area contributed by atoms with E-state index in [-0.39, 0.29) is 17.9 Å². The van der Waals surface area contributed by atoms with E-state index in [9.17, 15) is 9.18 Å². The van der Waals surface area contributed by atoms with Crippen LogP contribution in [0.25, 0.3) is 11.4 Å². The molecule has 1 fully saturated rings. The van der Waals surface area contributed by atoms with E-state index in [0.717, 1.165) is 62.0 Å². The highest BCUT2D eigenvalue weighted by Crippen LogP contribution is 2.23. The first-order chi connectivity index (χ1) is 16.0. The number of amides is 2. The van der Waals surface area contributed by atoms with Gasteiger partial charge in [-0.2, -0.15) is 0 Å². The minimum Gasteiger partial charge on any atom is -0.334 e. The van der Waals surface area contributed by atoms with Crippen molar-refractivity contribution < 1.29 is 9.18 Å². The summed E-state index contributed by atoms with van der Waals surface area (Å²) in [6, 6.07) is 12.4. The number of nitrogens with one attached hydrogen (secondary N) is 2. The third kappa shape index (κ3) is 6.13. The van der Waals surface area contributed by atoms with Gasteiger partial charge in [0.15, 0.2) is 5.82 Å². The van der Waals surface area contributed by atoms with Crippen molar-refractivity contribution >= 4 is 11.7 Å². The third-order valence-corrected chi connectivity index (χ3v) is 6.01. The number of carbonyl (C=O) groups excluding carboxylic acids is 1. The zero-order valence-electron chi connectivity index (χ0n) is 19.1. The first-order valence-corrected chi connectivity index (χ1v) is 11.4. The molecular weight excluding hydrogens is 421 g/mol. The van der Waals surface area contributed by atoms with Crippen molar-refractivity contribution in [2.45, 2.75) is 38.6 Å². The smallest absolute Gasteiger partial charge is 0.319 e. The zero-order valence-corrected chi connectivity index (χ0v) is 19.1. The van der Waals surface area contributed by atoms with Gasteiger partial charge >= 0.3 is 6.03 Å². The number of nitrogens with zero attached hydrogens (tertiary/aromatic N) is 5. The van der Waals surface area contributed by atoms with Crippen LogP contribution in [0.15, 0.2) is 42.5 Å². The molecule has 1 saturated heterocycles. The number of benzene rings is 2. The molecule has 1 atom stereocenters. The van der Waals surface area contributed by atoms with Gasteiger partial charge in [0.1, 0.15) is 5.82 Å². The summed E-state index contributed by atoms with van der Waals surface area (Å²) < 4.78 is 14.7. The molecular formula is C24H30FN7O. The molecule has 8 nitrogen and oxygen atoms in total. The Kier molecular flexibility index (Phi) is 7.29. The van der Waals surface area contributed by atoms with Gasteiger partial charge in [0, 0.05) is 37.4 Å². The molecule has 1 aromatic heterocycles. The summed E-state index contributed by atoms with van der Waals surface area (Å²) in [6.45, 7) is 4.77. The molecule has 0 aliphatic carbocycles. The lowest BCUT2D eigenvalue weighted by molar-refractivity contribution is 0.191. The summed E-state index contributed by atoms with van der Waals surface area (Å²) in [7, 11) is 1.79. The van der Waals surface area contributed by atoms with Crippen LogP contribution in [0, 0.1) is 5.82 Å². The maximum Gasteiger partial charge on any atom is 0.319 e. The molecule has 2 heterocycles. The number of aryl methyl sites for hydroxylation is 2. The Morgan fingerprint density at radius 1 is 1.18 bits per heavy atom. The van der Waals surface area contributed by atoms with Crippen LogP contribution in [0.5, 0.6) is 0 Å². The predicted molar refractivity (Wildman–Crippen MR) is 125 cm³/mol. The molecule has 0 spiro atoms. The second-order valence-electron chi connectivity index (χ2n) is 8.51. The van der Waals surface area contributed by atoms with Gasteiger partial charge in [-0.1, -0.05) is 19.1 Å². The average molecular weight is 452 g/mol. The van der Waals surface area contributed by atoms with Gasteiger partial charge in [0.05, 0.1) is 0 Å². The number of piperidine rings is 1. The maximum atomic E-state index is 13.1. The first-order valence-electron chi connectivity index (χ1n) is 11.4. The summed E-state index contributed by atoms with van der Waals surface area (Å²) in [5, 5.41) is 17.8. The van der Waals surface area contributed by atoms with Crippen LogP contribution in [-0.2, 0) is 19.9 Å². The number of hydrogen-bond donors (Lipinski definition) is 2. The van der Waals surface area contributed by atoms with E-state index in [4.69, 9.17) is 0 Å². The Morgan fingerprint density at radius 2 is 2.00 bits per heavy atom. The molecule has 1 aliphatic heterocycles. The van der Waals surface area contributed by atoms with E-state index >= 15 is 0 Å². The number of tetrazole rings is 1. The molecule has 0 bridgehead atoms. The van der Waals surface area contributed by atoms with Gasteiger partial charge in [-0.25, -0.2) is 13.9 Å². The molecule has 0 saturated carbocycles. The van der Waals surface area contributed by atoms with Gasteiger partial charge in [-0.15, -0.1) is 5.10 Å². The normalized spacial score (nSPS) is 16.5. The van der Waals surface area contributed by atoms with Gasteiger partial charge in [-0.3, -0.25) is 0 Å².